The molecule has 0 aromatic heterocycles. The first-order chi connectivity index (χ1) is 5.11. The standard InChI is InChI=1S/C7H12FNO2/c1-5(10)9-3-2-7(11)6(8)4-9/h6-7,11H,2-4H2,1H3/t6-,7+/m1/s1. The molecule has 1 aliphatic heterocycles. The van der Waals surface area contributed by atoms with E-state index in [-0.39, 0.29) is 12.5 Å². The van der Waals surface area contributed by atoms with Crippen LogP contribution in [0.1, 0.15) is 13.3 Å². The Bertz CT molecular complexity index is 163. The molecule has 0 bridgehead atoms. The average Bonchev–Trinajstić information content (AvgIpc) is 1.94. The summed E-state index contributed by atoms with van der Waals surface area (Å²) in [6, 6.07) is 0. The van der Waals surface area contributed by atoms with Crippen LogP contribution in [0.2, 0.25) is 0 Å². The highest BCUT2D eigenvalue weighted by molar-refractivity contribution is 5.73. The maximum Gasteiger partial charge on any atom is 0.219 e. The van der Waals surface area contributed by atoms with Crippen molar-refractivity contribution in [2.45, 2.75) is 25.6 Å². The van der Waals surface area contributed by atoms with Crippen LogP contribution < -0.4 is 0 Å². The molecule has 1 N–H and O–H groups in total. The van der Waals surface area contributed by atoms with E-state index >= 15 is 0 Å². The molecule has 2 atom stereocenters. The SMILES string of the molecule is CC(=O)N1CC[C@H](O)[C@H](F)C1. The van der Waals surface area contributed by atoms with Gasteiger partial charge in [-0.05, 0) is 6.42 Å². The molecule has 1 fully saturated rings. The monoisotopic (exact) mass is 161 g/mol. The van der Waals surface area contributed by atoms with Gasteiger partial charge in [0, 0.05) is 13.5 Å². The minimum atomic E-state index is -1.27. The van der Waals surface area contributed by atoms with Gasteiger partial charge in [-0.3, -0.25) is 4.79 Å². The number of hydrogen-bond donors (Lipinski definition) is 1. The van der Waals surface area contributed by atoms with Crippen molar-refractivity contribution in [1.82, 2.24) is 4.90 Å². The number of amides is 1. The molecule has 11 heavy (non-hydrogen) atoms. The van der Waals surface area contributed by atoms with Gasteiger partial charge >= 0.3 is 0 Å². The fourth-order valence-corrected chi connectivity index (χ4v) is 1.18. The number of rotatable bonds is 0. The molecule has 0 saturated carbocycles. The molecular weight excluding hydrogens is 149 g/mol. The van der Waals surface area contributed by atoms with Gasteiger partial charge in [0.25, 0.3) is 0 Å². The van der Waals surface area contributed by atoms with Crippen molar-refractivity contribution in [2.24, 2.45) is 0 Å². The highest BCUT2D eigenvalue weighted by Crippen LogP contribution is 2.13. The topological polar surface area (TPSA) is 40.5 Å². The highest BCUT2D eigenvalue weighted by atomic mass is 19.1. The van der Waals surface area contributed by atoms with Crippen molar-refractivity contribution in [2.75, 3.05) is 13.1 Å². The molecule has 4 heteroatoms. The number of carbonyl (C=O) groups is 1. The predicted molar refractivity (Wildman–Crippen MR) is 37.8 cm³/mol. The molecule has 1 amide bonds. The Labute approximate surface area is 64.8 Å². The van der Waals surface area contributed by atoms with Gasteiger partial charge in [0.1, 0.15) is 6.17 Å². The second-order valence-corrected chi connectivity index (χ2v) is 2.84. The summed E-state index contributed by atoms with van der Waals surface area (Å²) in [5.41, 5.74) is 0. The lowest BCUT2D eigenvalue weighted by molar-refractivity contribution is -0.133. The van der Waals surface area contributed by atoms with Crippen molar-refractivity contribution in [3.63, 3.8) is 0 Å². The third-order valence-corrected chi connectivity index (χ3v) is 1.95. The molecule has 1 heterocycles. The van der Waals surface area contributed by atoms with Crippen LogP contribution in [-0.4, -0.2) is 41.3 Å². The van der Waals surface area contributed by atoms with Crippen LogP contribution in [0.4, 0.5) is 4.39 Å². The molecule has 3 nitrogen and oxygen atoms in total. The predicted octanol–water partition coefficient (Wildman–Crippen LogP) is -0.0624. The van der Waals surface area contributed by atoms with Gasteiger partial charge in [-0.25, -0.2) is 4.39 Å². The number of hydrogen-bond acceptors (Lipinski definition) is 2. The first kappa shape index (κ1) is 8.46. The summed E-state index contributed by atoms with van der Waals surface area (Å²) in [5.74, 6) is -0.125. The number of likely N-dealkylation sites (tertiary alicyclic amines) is 1. The summed E-state index contributed by atoms with van der Waals surface area (Å²) in [6.45, 7) is 1.91. The van der Waals surface area contributed by atoms with Crippen LogP contribution in [0.5, 0.6) is 0 Å². The first-order valence-electron chi connectivity index (χ1n) is 3.69. The van der Waals surface area contributed by atoms with Crippen molar-refractivity contribution in [1.29, 1.82) is 0 Å². The maximum absolute atomic E-state index is 12.7. The van der Waals surface area contributed by atoms with Gasteiger partial charge in [-0.2, -0.15) is 0 Å². The summed E-state index contributed by atoms with van der Waals surface area (Å²) in [7, 11) is 0. The smallest absolute Gasteiger partial charge is 0.219 e. The quantitative estimate of drug-likeness (QED) is 0.540. The molecule has 0 unspecified atom stereocenters. The Balaban J connectivity index is 2.46. The minimum Gasteiger partial charge on any atom is -0.390 e. The summed E-state index contributed by atoms with van der Waals surface area (Å²) < 4.78 is 12.7. The Hall–Kier alpha value is -0.640. The Kier molecular flexibility index (Phi) is 2.44. The normalized spacial score (nSPS) is 32.1. The second-order valence-electron chi connectivity index (χ2n) is 2.84. The molecule has 0 spiro atoms. The third kappa shape index (κ3) is 1.89. The van der Waals surface area contributed by atoms with E-state index in [1.807, 2.05) is 0 Å². The van der Waals surface area contributed by atoms with E-state index in [1.54, 1.807) is 0 Å². The summed E-state index contributed by atoms with van der Waals surface area (Å²) >= 11 is 0. The molecule has 0 aliphatic carbocycles. The van der Waals surface area contributed by atoms with E-state index in [0.29, 0.717) is 13.0 Å². The van der Waals surface area contributed by atoms with Gasteiger partial charge in [0.2, 0.25) is 5.91 Å². The van der Waals surface area contributed by atoms with E-state index in [0.717, 1.165) is 0 Å². The summed E-state index contributed by atoms with van der Waals surface area (Å²) in [4.78, 5) is 12.1. The van der Waals surface area contributed by atoms with Crippen molar-refractivity contribution < 1.29 is 14.3 Å². The zero-order valence-electron chi connectivity index (χ0n) is 6.46. The van der Waals surface area contributed by atoms with Gasteiger partial charge in [-0.1, -0.05) is 0 Å². The minimum absolute atomic E-state index is 0.0382. The molecule has 1 rings (SSSR count). The van der Waals surface area contributed by atoms with Gasteiger partial charge in [-0.15, -0.1) is 0 Å². The number of nitrogens with zero attached hydrogens (tertiary/aromatic N) is 1. The first-order valence-corrected chi connectivity index (χ1v) is 3.69. The Morgan fingerprint density at radius 2 is 2.36 bits per heavy atom. The zero-order valence-corrected chi connectivity index (χ0v) is 6.46. The molecule has 0 aromatic carbocycles. The second kappa shape index (κ2) is 3.17. The lowest BCUT2D eigenvalue weighted by Gasteiger charge is -2.31. The molecule has 0 aromatic rings. The Morgan fingerprint density at radius 3 is 2.82 bits per heavy atom. The van der Waals surface area contributed by atoms with Crippen LogP contribution in [0, 0.1) is 0 Å². The summed E-state index contributed by atoms with van der Waals surface area (Å²) in [6.07, 6.45) is -1.81. The molecule has 0 radical (unpaired) electrons. The fourth-order valence-electron chi connectivity index (χ4n) is 1.18. The van der Waals surface area contributed by atoms with Crippen LogP contribution in [0.15, 0.2) is 0 Å². The molecular formula is C7H12FNO2. The number of alkyl halides is 1. The van der Waals surface area contributed by atoms with E-state index in [1.165, 1.54) is 11.8 Å². The van der Waals surface area contributed by atoms with Crippen molar-refractivity contribution in [3.05, 3.63) is 0 Å². The zero-order chi connectivity index (χ0) is 8.43. The lowest BCUT2D eigenvalue weighted by Crippen LogP contribution is -2.46. The Morgan fingerprint density at radius 1 is 1.73 bits per heavy atom. The van der Waals surface area contributed by atoms with E-state index in [9.17, 15) is 9.18 Å². The van der Waals surface area contributed by atoms with Gasteiger partial charge < -0.3 is 10.0 Å². The summed E-state index contributed by atoms with van der Waals surface area (Å²) in [5, 5.41) is 8.96. The van der Waals surface area contributed by atoms with Gasteiger partial charge in [0.05, 0.1) is 12.6 Å². The van der Waals surface area contributed by atoms with E-state index in [2.05, 4.69) is 0 Å². The number of aliphatic hydroxyl groups is 1. The fraction of sp³-hybridized carbons (Fsp3) is 0.857. The highest BCUT2D eigenvalue weighted by Gasteiger charge is 2.28. The average molecular weight is 161 g/mol. The maximum atomic E-state index is 12.7. The van der Waals surface area contributed by atoms with E-state index < -0.39 is 12.3 Å². The number of halogens is 1. The largest absolute Gasteiger partial charge is 0.390 e. The van der Waals surface area contributed by atoms with Crippen LogP contribution in [-0.2, 0) is 4.79 Å². The molecule has 1 aliphatic rings. The van der Waals surface area contributed by atoms with Crippen molar-refractivity contribution >= 4 is 5.91 Å². The number of carbonyl (C=O) groups excluding carboxylic acids is 1. The van der Waals surface area contributed by atoms with Crippen LogP contribution >= 0.6 is 0 Å². The molecule has 1 saturated heterocycles. The molecule has 64 valence electrons. The van der Waals surface area contributed by atoms with E-state index in [4.69, 9.17) is 5.11 Å². The lowest BCUT2D eigenvalue weighted by atomic mass is 10.1. The van der Waals surface area contributed by atoms with Crippen LogP contribution in [0.3, 0.4) is 0 Å². The van der Waals surface area contributed by atoms with Gasteiger partial charge in [0.15, 0.2) is 0 Å². The number of piperidine rings is 1. The third-order valence-electron chi connectivity index (χ3n) is 1.95. The number of aliphatic hydroxyl groups excluding tert-OH is 1. The van der Waals surface area contributed by atoms with Crippen LogP contribution in [0.25, 0.3) is 0 Å². The van der Waals surface area contributed by atoms with Crippen molar-refractivity contribution in [3.8, 4) is 0 Å².